The summed E-state index contributed by atoms with van der Waals surface area (Å²) >= 11 is 0. The van der Waals surface area contributed by atoms with Crippen LogP contribution in [-0.4, -0.2) is 61.1 Å². The molecule has 5 heterocycles. The first-order valence-electron chi connectivity index (χ1n) is 9.75. The van der Waals surface area contributed by atoms with Crippen molar-refractivity contribution in [2.24, 2.45) is 5.92 Å². The van der Waals surface area contributed by atoms with E-state index in [1.54, 1.807) is 0 Å². The van der Waals surface area contributed by atoms with Gasteiger partial charge in [-0.25, -0.2) is 14.5 Å². The average Bonchev–Trinajstić information content (AvgIpc) is 3.30. The highest BCUT2D eigenvalue weighted by atomic mass is 15.3. The second kappa shape index (κ2) is 6.87. The van der Waals surface area contributed by atoms with E-state index in [0.29, 0.717) is 11.9 Å². The van der Waals surface area contributed by atoms with Gasteiger partial charge in [-0.15, -0.1) is 0 Å². The third-order valence-corrected chi connectivity index (χ3v) is 5.63. The predicted molar refractivity (Wildman–Crippen MR) is 109 cm³/mol. The Morgan fingerprint density at radius 3 is 2.89 bits per heavy atom. The minimum absolute atomic E-state index is 0.675. The summed E-state index contributed by atoms with van der Waals surface area (Å²) in [4.78, 5) is 19.2. The van der Waals surface area contributed by atoms with Crippen molar-refractivity contribution in [1.29, 1.82) is 0 Å². The van der Waals surface area contributed by atoms with Gasteiger partial charge in [0.05, 0.1) is 17.6 Å². The van der Waals surface area contributed by atoms with Crippen LogP contribution in [0.1, 0.15) is 18.5 Å². The van der Waals surface area contributed by atoms with E-state index in [1.807, 2.05) is 42.2 Å². The van der Waals surface area contributed by atoms with E-state index in [-0.39, 0.29) is 0 Å². The molecule has 0 amide bonds. The Labute approximate surface area is 163 Å². The van der Waals surface area contributed by atoms with E-state index in [0.717, 1.165) is 40.2 Å². The summed E-state index contributed by atoms with van der Waals surface area (Å²) in [5.74, 6) is 1.36. The number of rotatable bonds is 4. The minimum Gasteiger partial charge on any atom is -0.354 e. The van der Waals surface area contributed by atoms with Gasteiger partial charge in [0.1, 0.15) is 5.65 Å². The molecule has 5 rings (SSSR count). The molecule has 1 fully saturated rings. The van der Waals surface area contributed by atoms with Gasteiger partial charge in [0, 0.05) is 29.9 Å². The number of aryl methyl sites for hydroxylation is 1. The molecule has 144 valence electrons. The summed E-state index contributed by atoms with van der Waals surface area (Å²) in [6.45, 7) is 5.25. The number of nitrogens with zero attached hydrogens (tertiary/aromatic N) is 6. The Hall–Kier alpha value is -3.00. The largest absolute Gasteiger partial charge is 0.354 e. The number of H-pyrrole nitrogens is 1. The highest BCUT2D eigenvalue weighted by molar-refractivity contribution is 5.92. The maximum Gasteiger partial charge on any atom is 0.224 e. The predicted octanol–water partition coefficient (Wildman–Crippen LogP) is 2.73. The molecule has 1 aliphatic heterocycles. The Bertz CT molecular complexity index is 1120. The minimum atomic E-state index is 0.675. The van der Waals surface area contributed by atoms with Crippen LogP contribution in [-0.2, 0) is 0 Å². The molecule has 0 spiro atoms. The molecule has 0 radical (unpaired) electrons. The van der Waals surface area contributed by atoms with Gasteiger partial charge in [-0.1, -0.05) is 0 Å². The molecule has 8 heteroatoms. The van der Waals surface area contributed by atoms with E-state index in [1.165, 1.54) is 25.9 Å². The normalized spacial score (nSPS) is 16.2. The zero-order chi connectivity index (χ0) is 19.1. The monoisotopic (exact) mass is 376 g/mol. The fraction of sp³-hybridized carbons (Fsp3) is 0.400. The second-order valence-corrected chi connectivity index (χ2v) is 7.67. The molecule has 0 atom stereocenters. The molecular formula is C20H24N8. The maximum absolute atomic E-state index is 4.71. The van der Waals surface area contributed by atoms with Crippen molar-refractivity contribution < 1.29 is 0 Å². The third-order valence-electron chi connectivity index (χ3n) is 5.63. The molecule has 1 aliphatic rings. The Balaban J connectivity index is 1.37. The lowest BCUT2D eigenvalue weighted by Crippen LogP contribution is -2.33. The standard InChI is InChI=1S/C20H24N8/c1-13-9-21-18-4-3-17(26-28(13)18)15-11-22-19-16(15)12-24-20(25-19)23-10-14-5-7-27(2)8-6-14/h3-4,9,11-12,14H,5-8,10H2,1-2H3,(H2,22,23,24,25). The Morgan fingerprint density at radius 2 is 2.04 bits per heavy atom. The van der Waals surface area contributed by atoms with Gasteiger partial charge in [-0.2, -0.15) is 10.1 Å². The van der Waals surface area contributed by atoms with Gasteiger partial charge in [-0.05, 0) is 58.0 Å². The van der Waals surface area contributed by atoms with Crippen LogP contribution in [0.5, 0.6) is 0 Å². The fourth-order valence-electron chi connectivity index (χ4n) is 3.84. The zero-order valence-electron chi connectivity index (χ0n) is 16.2. The number of fused-ring (bicyclic) bond motifs is 2. The first-order chi connectivity index (χ1) is 13.7. The number of hydrogen-bond acceptors (Lipinski definition) is 6. The smallest absolute Gasteiger partial charge is 0.224 e. The van der Waals surface area contributed by atoms with Crippen LogP contribution in [0.25, 0.3) is 27.9 Å². The van der Waals surface area contributed by atoms with Crippen molar-refractivity contribution in [2.45, 2.75) is 19.8 Å². The second-order valence-electron chi connectivity index (χ2n) is 7.67. The summed E-state index contributed by atoms with van der Waals surface area (Å²) in [6, 6.07) is 3.96. The molecule has 1 saturated heterocycles. The molecule has 4 aromatic rings. The van der Waals surface area contributed by atoms with E-state index >= 15 is 0 Å². The van der Waals surface area contributed by atoms with Crippen molar-refractivity contribution in [3.8, 4) is 11.3 Å². The topological polar surface area (TPSA) is 87.0 Å². The zero-order valence-corrected chi connectivity index (χ0v) is 16.2. The number of aromatic nitrogens is 6. The lowest BCUT2D eigenvalue weighted by Gasteiger charge is -2.28. The first-order valence-corrected chi connectivity index (χ1v) is 9.75. The van der Waals surface area contributed by atoms with Gasteiger partial charge in [0.2, 0.25) is 5.95 Å². The number of aromatic amines is 1. The van der Waals surface area contributed by atoms with Crippen LogP contribution >= 0.6 is 0 Å². The quantitative estimate of drug-likeness (QED) is 0.569. The average molecular weight is 376 g/mol. The van der Waals surface area contributed by atoms with Crippen molar-refractivity contribution in [3.05, 3.63) is 36.4 Å². The van der Waals surface area contributed by atoms with Crippen LogP contribution in [0.3, 0.4) is 0 Å². The fourth-order valence-corrected chi connectivity index (χ4v) is 3.84. The van der Waals surface area contributed by atoms with Crippen molar-refractivity contribution >= 4 is 22.6 Å². The van der Waals surface area contributed by atoms with Gasteiger partial charge in [-0.3, -0.25) is 0 Å². The van der Waals surface area contributed by atoms with Gasteiger partial charge < -0.3 is 15.2 Å². The van der Waals surface area contributed by atoms with Crippen LogP contribution in [0, 0.1) is 12.8 Å². The lowest BCUT2D eigenvalue weighted by molar-refractivity contribution is 0.226. The summed E-state index contributed by atoms with van der Waals surface area (Å²) < 4.78 is 1.85. The molecular weight excluding hydrogens is 352 g/mol. The van der Waals surface area contributed by atoms with Gasteiger partial charge >= 0.3 is 0 Å². The number of imidazole rings is 1. The van der Waals surface area contributed by atoms with Crippen LogP contribution in [0.2, 0.25) is 0 Å². The Morgan fingerprint density at radius 1 is 1.18 bits per heavy atom. The van der Waals surface area contributed by atoms with Crippen LogP contribution < -0.4 is 5.32 Å². The van der Waals surface area contributed by atoms with Crippen LogP contribution in [0.4, 0.5) is 5.95 Å². The van der Waals surface area contributed by atoms with Crippen molar-refractivity contribution in [3.63, 3.8) is 0 Å². The first kappa shape index (κ1) is 17.1. The molecule has 0 aliphatic carbocycles. The molecule has 28 heavy (non-hydrogen) atoms. The van der Waals surface area contributed by atoms with E-state index < -0.39 is 0 Å². The molecule has 2 N–H and O–H groups in total. The SMILES string of the molecule is Cc1cnc2ccc(-c3c[nH]c4nc(NCC5CCN(C)CC5)ncc34)nn12. The molecule has 8 nitrogen and oxygen atoms in total. The highest BCUT2D eigenvalue weighted by Crippen LogP contribution is 2.27. The summed E-state index contributed by atoms with van der Waals surface area (Å²) in [7, 11) is 2.18. The summed E-state index contributed by atoms with van der Waals surface area (Å²) in [5.41, 5.74) is 4.54. The number of nitrogens with one attached hydrogen (secondary N) is 2. The van der Waals surface area contributed by atoms with E-state index in [4.69, 9.17) is 5.10 Å². The molecule has 0 unspecified atom stereocenters. The van der Waals surface area contributed by atoms with Gasteiger partial charge in [0.25, 0.3) is 0 Å². The van der Waals surface area contributed by atoms with Gasteiger partial charge in [0.15, 0.2) is 5.65 Å². The number of hydrogen-bond donors (Lipinski definition) is 2. The number of likely N-dealkylation sites (tertiary alicyclic amines) is 1. The molecule has 0 bridgehead atoms. The Kier molecular flexibility index (Phi) is 4.20. The van der Waals surface area contributed by atoms with Crippen molar-refractivity contribution in [2.75, 3.05) is 32.0 Å². The third kappa shape index (κ3) is 3.09. The van der Waals surface area contributed by atoms with E-state index in [2.05, 4.69) is 37.2 Å². The lowest BCUT2D eigenvalue weighted by atomic mass is 9.97. The highest BCUT2D eigenvalue weighted by Gasteiger charge is 2.17. The van der Waals surface area contributed by atoms with E-state index in [9.17, 15) is 0 Å². The molecule has 0 saturated carbocycles. The van der Waals surface area contributed by atoms with Crippen molar-refractivity contribution in [1.82, 2.24) is 34.4 Å². The summed E-state index contributed by atoms with van der Waals surface area (Å²) in [5, 5.41) is 9.09. The molecule has 0 aromatic carbocycles. The number of piperidine rings is 1. The summed E-state index contributed by atoms with van der Waals surface area (Å²) in [6.07, 6.45) is 8.09. The number of anilines is 1. The molecule has 4 aromatic heterocycles. The maximum atomic E-state index is 4.71. The van der Waals surface area contributed by atoms with Crippen LogP contribution in [0.15, 0.2) is 30.7 Å².